The Morgan fingerprint density at radius 3 is 2.79 bits per heavy atom. The average Bonchev–Trinajstić information content (AvgIpc) is 3.10. The Hall–Kier alpha value is -2.85. The number of ketones is 1. The van der Waals surface area contributed by atoms with E-state index in [0.29, 0.717) is 17.6 Å². The third-order valence-corrected chi connectivity index (χ3v) is 5.05. The van der Waals surface area contributed by atoms with Gasteiger partial charge in [-0.2, -0.15) is 13.1 Å². The van der Waals surface area contributed by atoms with Crippen LogP contribution in [0.2, 0.25) is 0 Å². The zero-order chi connectivity index (χ0) is 20.3. The summed E-state index contributed by atoms with van der Waals surface area (Å²) in [4.78, 5) is 19.6. The van der Waals surface area contributed by atoms with E-state index in [1.807, 2.05) is 4.72 Å². The maximum Gasteiger partial charge on any atom is 0.299 e. The van der Waals surface area contributed by atoms with E-state index in [0.717, 1.165) is 17.5 Å². The third-order valence-electron chi connectivity index (χ3n) is 3.98. The molecule has 0 saturated heterocycles. The number of benzene rings is 1. The molecule has 1 aromatic carbocycles. The Labute approximate surface area is 160 Å². The molecule has 0 atom stereocenters. The van der Waals surface area contributed by atoms with Gasteiger partial charge in [0.15, 0.2) is 11.6 Å². The van der Waals surface area contributed by atoms with Crippen molar-refractivity contribution in [1.82, 2.24) is 14.7 Å². The number of aromatic amines is 1. The third kappa shape index (κ3) is 4.34. The molecule has 0 spiro atoms. The molecule has 0 aliphatic heterocycles. The maximum absolute atomic E-state index is 14.7. The molecule has 2 aromatic heterocycles. The number of hydrogen-bond donors (Lipinski definition) is 3. The summed E-state index contributed by atoms with van der Waals surface area (Å²) in [7, 11) is -4.04. The number of rotatable bonds is 8. The van der Waals surface area contributed by atoms with Crippen LogP contribution in [0.15, 0.2) is 36.7 Å². The van der Waals surface area contributed by atoms with Crippen LogP contribution < -0.4 is 9.44 Å². The van der Waals surface area contributed by atoms with E-state index >= 15 is 0 Å². The van der Waals surface area contributed by atoms with Gasteiger partial charge < -0.3 is 4.98 Å². The van der Waals surface area contributed by atoms with Gasteiger partial charge in [0, 0.05) is 30.7 Å². The predicted octanol–water partition coefficient (Wildman–Crippen LogP) is 2.92. The molecule has 3 aromatic rings. The Bertz CT molecular complexity index is 1130. The number of halogens is 2. The second-order valence-electron chi connectivity index (χ2n) is 6.14. The molecule has 0 radical (unpaired) electrons. The van der Waals surface area contributed by atoms with Crippen molar-refractivity contribution in [2.75, 3.05) is 11.3 Å². The van der Waals surface area contributed by atoms with Crippen LogP contribution in [-0.4, -0.2) is 30.7 Å². The molecule has 0 aliphatic carbocycles. The lowest BCUT2D eigenvalue weighted by molar-refractivity contribution is 0.0985. The summed E-state index contributed by atoms with van der Waals surface area (Å²) < 4.78 is 56.8. The summed E-state index contributed by atoms with van der Waals surface area (Å²) in [5, 5.41) is 0.759. The van der Waals surface area contributed by atoms with Crippen LogP contribution in [0.1, 0.15) is 29.3 Å². The quantitative estimate of drug-likeness (QED) is 0.499. The first-order chi connectivity index (χ1) is 13.3. The highest BCUT2D eigenvalue weighted by molar-refractivity contribution is 7.90. The number of carbonyl (C=O) groups excluding carboxylic acids is 1. The number of hydrogen-bond acceptors (Lipinski definition) is 4. The zero-order valence-electron chi connectivity index (χ0n) is 14.9. The van der Waals surface area contributed by atoms with E-state index in [4.69, 9.17) is 0 Å². The Balaban J connectivity index is 1.87. The van der Waals surface area contributed by atoms with Crippen LogP contribution in [0, 0.1) is 11.6 Å². The van der Waals surface area contributed by atoms with Gasteiger partial charge in [0.2, 0.25) is 0 Å². The fraction of sp³-hybridized carbons (Fsp3) is 0.222. The highest BCUT2D eigenvalue weighted by Gasteiger charge is 2.23. The minimum absolute atomic E-state index is 0.151. The van der Waals surface area contributed by atoms with Crippen molar-refractivity contribution in [2.24, 2.45) is 0 Å². The molecule has 0 amide bonds. The number of H-pyrrole nitrogens is 1. The van der Waals surface area contributed by atoms with E-state index < -0.39 is 38.9 Å². The molecule has 2 heterocycles. The molecule has 0 aliphatic rings. The Morgan fingerprint density at radius 2 is 2.04 bits per heavy atom. The monoisotopic (exact) mass is 408 g/mol. The van der Waals surface area contributed by atoms with Gasteiger partial charge in [-0.05, 0) is 36.2 Å². The van der Waals surface area contributed by atoms with Gasteiger partial charge in [-0.15, -0.1) is 0 Å². The number of aromatic nitrogens is 2. The van der Waals surface area contributed by atoms with Gasteiger partial charge in [-0.3, -0.25) is 9.52 Å². The molecular formula is C18H18F2N4O3S. The number of Topliss-reactive ketones (excluding diaryl/α,β-unsaturated/α-hetero) is 1. The fourth-order valence-electron chi connectivity index (χ4n) is 2.66. The lowest BCUT2D eigenvalue weighted by Crippen LogP contribution is -2.31. The lowest BCUT2D eigenvalue weighted by atomic mass is 10.0. The first-order valence-corrected chi connectivity index (χ1v) is 9.99. The highest BCUT2D eigenvalue weighted by atomic mass is 32.2. The van der Waals surface area contributed by atoms with Gasteiger partial charge in [0.25, 0.3) is 10.2 Å². The van der Waals surface area contributed by atoms with Crippen LogP contribution >= 0.6 is 0 Å². The minimum Gasteiger partial charge on any atom is -0.346 e. The molecule has 0 fully saturated rings. The molecule has 3 N–H and O–H groups in total. The normalized spacial score (nSPS) is 11.7. The molecule has 0 unspecified atom stereocenters. The predicted molar refractivity (Wildman–Crippen MR) is 101 cm³/mol. The first-order valence-electron chi connectivity index (χ1n) is 8.51. The molecule has 148 valence electrons. The topological polar surface area (TPSA) is 104 Å². The summed E-state index contributed by atoms with van der Waals surface area (Å²) in [6.45, 7) is 1.91. The van der Waals surface area contributed by atoms with Gasteiger partial charge in [-0.25, -0.2) is 13.8 Å². The van der Waals surface area contributed by atoms with Crippen molar-refractivity contribution in [3.05, 3.63) is 59.4 Å². The molecule has 0 bridgehead atoms. The van der Waals surface area contributed by atoms with E-state index in [9.17, 15) is 22.0 Å². The van der Waals surface area contributed by atoms with Crippen molar-refractivity contribution in [1.29, 1.82) is 0 Å². The van der Waals surface area contributed by atoms with Crippen LogP contribution in [0.4, 0.5) is 14.5 Å². The number of carbonyl (C=O) groups is 1. The SMILES string of the molecule is CCCNS(=O)(=O)Nc1ccc(F)c(C(=O)Cc2cnc3[nH]ccc3c2)c1F. The van der Waals surface area contributed by atoms with Crippen LogP contribution in [0.25, 0.3) is 11.0 Å². The second kappa shape index (κ2) is 8.03. The number of anilines is 1. The smallest absolute Gasteiger partial charge is 0.299 e. The molecule has 10 heteroatoms. The van der Waals surface area contributed by atoms with Crippen LogP contribution in [0.3, 0.4) is 0 Å². The zero-order valence-corrected chi connectivity index (χ0v) is 15.7. The van der Waals surface area contributed by atoms with Crippen LogP contribution in [0.5, 0.6) is 0 Å². The minimum atomic E-state index is -4.04. The van der Waals surface area contributed by atoms with Crippen LogP contribution in [-0.2, 0) is 16.6 Å². The van der Waals surface area contributed by atoms with Gasteiger partial charge in [0.1, 0.15) is 11.5 Å². The number of pyridine rings is 1. The summed E-state index contributed by atoms with van der Waals surface area (Å²) in [5.74, 6) is -3.15. The maximum atomic E-state index is 14.7. The van der Waals surface area contributed by atoms with Gasteiger partial charge in [0.05, 0.1) is 11.3 Å². The van der Waals surface area contributed by atoms with Crippen molar-refractivity contribution in [2.45, 2.75) is 19.8 Å². The second-order valence-corrected chi connectivity index (χ2v) is 7.64. The largest absolute Gasteiger partial charge is 0.346 e. The van der Waals surface area contributed by atoms with Crippen molar-refractivity contribution in [3.8, 4) is 0 Å². The summed E-state index contributed by atoms with van der Waals surface area (Å²) in [6.07, 6.45) is 3.38. The Morgan fingerprint density at radius 1 is 1.25 bits per heavy atom. The fourth-order valence-corrected chi connectivity index (χ4v) is 3.65. The van der Waals surface area contributed by atoms with E-state index in [1.54, 1.807) is 25.3 Å². The summed E-state index contributed by atoms with van der Waals surface area (Å²) in [6, 6.07) is 5.23. The average molecular weight is 408 g/mol. The number of nitrogens with zero attached hydrogens (tertiary/aromatic N) is 1. The molecule has 3 rings (SSSR count). The number of nitrogens with one attached hydrogen (secondary N) is 3. The van der Waals surface area contributed by atoms with Crippen molar-refractivity contribution in [3.63, 3.8) is 0 Å². The Kier molecular flexibility index (Phi) is 5.71. The first kappa shape index (κ1) is 19.9. The molecule has 0 saturated carbocycles. The van der Waals surface area contributed by atoms with Gasteiger partial charge in [-0.1, -0.05) is 6.92 Å². The van der Waals surface area contributed by atoms with E-state index in [1.165, 1.54) is 6.20 Å². The van der Waals surface area contributed by atoms with E-state index in [-0.39, 0.29) is 13.0 Å². The standard InChI is InChI=1S/C18H18F2N4O3S/c1-2-6-23-28(26,27)24-14-4-3-13(19)16(17(14)20)15(25)9-11-8-12-5-7-21-18(12)22-10-11/h3-5,7-8,10,23-24H,2,6,9H2,1H3,(H,21,22). The highest BCUT2D eigenvalue weighted by Crippen LogP contribution is 2.24. The lowest BCUT2D eigenvalue weighted by Gasteiger charge is -2.12. The molecule has 28 heavy (non-hydrogen) atoms. The van der Waals surface area contributed by atoms with Crippen molar-refractivity contribution < 1.29 is 22.0 Å². The van der Waals surface area contributed by atoms with E-state index in [2.05, 4.69) is 14.7 Å². The van der Waals surface area contributed by atoms with Crippen molar-refractivity contribution >= 4 is 32.7 Å². The summed E-state index contributed by atoms with van der Waals surface area (Å²) >= 11 is 0. The molecular weight excluding hydrogens is 390 g/mol. The summed E-state index contributed by atoms with van der Waals surface area (Å²) in [5.41, 5.74) is -0.200. The number of fused-ring (bicyclic) bond motifs is 1. The molecule has 7 nitrogen and oxygen atoms in total. The van der Waals surface area contributed by atoms with Gasteiger partial charge >= 0.3 is 0 Å².